The van der Waals surface area contributed by atoms with Crippen LogP contribution in [-0.2, 0) is 4.79 Å². The summed E-state index contributed by atoms with van der Waals surface area (Å²) in [6.07, 6.45) is 4.10. The van der Waals surface area contributed by atoms with Crippen molar-refractivity contribution in [3.8, 4) is 0 Å². The van der Waals surface area contributed by atoms with Gasteiger partial charge in [0.15, 0.2) is 5.78 Å². The molecule has 0 radical (unpaired) electrons. The van der Waals surface area contributed by atoms with Gasteiger partial charge in [-0.2, -0.15) is 0 Å². The third-order valence-electron chi connectivity index (χ3n) is 3.14. The van der Waals surface area contributed by atoms with E-state index in [-0.39, 0.29) is 11.7 Å². The predicted molar refractivity (Wildman–Crippen MR) is 80.0 cm³/mol. The predicted octanol–water partition coefficient (Wildman–Crippen LogP) is 4.46. The molecule has 0 aromatic heterocycles. The maximum Gasteiger partial charge on any atom is 0.156 e. The van der Waals surface area contributed by atoms with Crippen LogP contribution < -0.4 is 0 Å². The molecule has 0 heterocycles. The average Bonchev–Trinajstić information content (AvgIpc) is 2.47. The van der Waals surface area contributed by atoms with Crippen molar-refractivity contribution in [3.05, 3.63) is 77.9 Å². The molecule has 1 atom stereocenters. The maximum atomic E-state index is 11.9. The Morgan fingerprint density at radius 3 is 2.21 bits per heavy atom. The SMILES string of the molecule is C[C@@H](CC(=O)/C=C/c1ccccc1)c1ccccc1. The summed E-state index contributed by atoms with van der Waals surface area (Å²) in [5.74, 6) is 0.425. The van der Waals surface area contributed by atoms with Crippen LogP contribution in [0.4, 0.5) is 0 Å². The molecule has 96 valence electrons. The van der Waals surface area contributed by atoms with Crippen molar-refractivity contribution in [2.24, 2.45) is 0 Å². The standard InChI is InChI=1S/C18H18O/c1-15(17-10-6-3-7-11-17)14-18(19)13-12-16-8-4-2-5-9-16/h2-13,15H,14H2,1H3/b13-12+/t15-/m0/s1. The molecule has 0 amide bonds. The van der Waals surface area contributed by atoms with Gasteiger partial charge in [-0.05, 0) is 23.1 Å². The molecule has 1 nitrogen and oxygen atoms in total. The van der Waals surface area contributed by atoms with E-state index in [4.69, 9.17) is 0 Å². The zero-order chi connectivity index (χ0) is 13.5. The number of hydrogen-bond donors (Lipinski definition) is 0. The minimum atomic E-state index is 0.167. The van der Waals surface area contributed by atoms with Gasteiger partial charge in [0.1, 0.15) is 0 Å². The number of benzene rings is 2. The Morgan fingerprint density at radius 1 is 1.00 bits per heavy atom. The highest BCUT2D eigenvalue weighted by Crippen LogP contribution is 2.19. The fourth-order valence-electron chi connectivity index (χ4n) is 2.02. The van der Waals surface area contributed by atoms with Gasteiger partial charge < -0.3 is 0 Å². The van der Waals surface area contributed by atoms with Gasteiger partial charge >= 0.3 is 0 Å². The quantitative estimate of drug-likeness (QED) is 0.716. The topological polar surface area (TPSA) is 17.1 Å². The molecular formula is C18H18O. The normalized spacial score (nSPS) is 12.5. The number of allylic oxidation sites excluding steroid dienone is 1. The number of carbonyl (C=O) groups is 1. The second kappa shape index (κ2) is 6.69. The maximum absolute atomic E-state index is 11.9. The van der Waals surface area contributed by atoms with E-state index in [9.17, 15) is 4.79 Å². The van der Waals surface area contributed by atoms with Crippen molar-refractivity contribution in [1.82, 2.24) is 0 Å². The van der Waals surface area contributed by atoms with E-state index < -0.39 is 0 Å². The molecule has 2 aromatic carbocycles. The Morgan fingerprint density at radius 2 is 1.58 bits per heavy atom. The Balaban J connectivity index is 1.93. The number of ketones is 1. The third-order valence-corrected chi connectivity index (χ3v) is 3.14. The molecule has 1 heteroatoms. The van der Waals surface area contributed by atoms with Gasteiger partial charge in [-0.25, -0.2) is 0 Å². The fraction of sp³-hybridized carbons (Fsp3) is 0.167. The molecule has 0 unspecified atom stereocenters. The van der Waals surface area contributed by atoms with Crippen LogP contribution in [-0.4, -0.2) is 5.78 Å². The Labute approximate surface area is 114 Å². The molecular weight excluding hydrogens is 232 g/mol. The van der Waals surface area contributed by atoms with Gasteiger partial charge in [0, 0.05) is 6.42 Å². The second-order valence-electron chi connectivity index (χ2n) is 4.73. The summed E-state index contributed by atoms with van der Waals surface area (Å²) in [6.45, 7) is 2.09. The molecule has 0 aliphatic heterocycles. The Hall–Kier alpha value is -2.15. The lowest BCUT2D eigenvalue weighted by atomic mass is 9.95. The molecule has 0 fully saturated rings. The lowest BCUT2D eigenvalue weighted by Gasteiger charge is -2.09. The fourth-order valence-corrected chi connectivity index (χ4v) is 2.02. The zero-order valence-corrected chi connectivity index (χ0v) is 11.1. The van der Waals surface area contributed by atoms with Crippen molar-refractivity contribution in [2.45, 2.75) is 19.3 Å². The first-order valence-corrected chi connectivity index (χ1v) is 6.56. The van der Waals surface area contributed by atoms with Gasteiger partial charge in [-0.1, -0.05) is 73.7 Å². The van der Waals surface area contributed by atoms with Crippen LogP contribution >= 0.6 is 0 Å². The summed E-state index contributed by atoms with van der Waals surface area (Å²) >= 11 is 0. The van der Waals surface area contributed by atoms with Crippen LogP contribution in [0.3, 0.4) is 0 Å². The first-order valence-electron chi connectivity index (χ1n) is 6.56. The van der Waals surface area contributed by atoms with Crippen molar-refractivity contribution in [2.75, 3.05) is 0 Å². The largest absolute Gasteiger partial charge is 0.295 e. The molecule has 2 rings (SSSR count). The summed E-state index contributed by atoms with van der Waals surface area (Å²) in [5, 5.41) is 0. The molecule has 0 saturated carbocycles. The number of carbonyl (C=O) groups excluding carboxylic acids is 1. The second-order valence-corrected chi connectivity index (χ2v) is 4.73. The van der Waals surface area contributed by atoms with Crippen molar-refractivity contribution in [3.63, 3.8) is 0 Å². The molecule has 0 aliphatic rings. The highest BCUT2D eigenvalue weighted by atomic mass is 16.1. The van der Waals surface area contributed by atoms with Crippen LogP contribution in [0.1, 0.15) is 30.4 Å². The van der Waals surface area contributed by atoms with E-state index >= 15 is 0 Å². The van der Waals surface area contributed by atoms with E-state index in [2.05, 4.69) is 19.1 Å². The molecule has 2 aromatic rings. The molecule has 0 spiro atoms. The average molecular weight is 250 g/mol. The van der Waals surface area contributed by atoms with Gasteiger partial charge in [0.05, 0.1) is 0 Å². The molecule has 0 N–H and O–H groups in total. The first kappa shape index (κ1) is 13.3. The minimum Gasteiger partial charge on any atom is -0.295 e. The molecule has 19 heavy (non-hydrogen) atoms. The third kappa shape index (κ3) is 4.22. The molecule has 0 aliphatic carbocycles. The lowest BCUT2D eigenvalue weighted by Crippen LogP contribution is -2.01. The summed E-state index contributed by atoms with van der Waals surface area (Å²) in [7, 11) is 0. The van der Waals surface area contributed by atoms with Gasteiger partial charge in [-0.3, -0.25) is 4.79 Å². The van der Waals surface area contributed by atoms with Gasteiger partial charge in [0.2, 0.25) is 0 Å². The van der Waals surface area contributed by atoms with Crippen LogP contribution in [0.15, 0.2) is 66.7 Å². The first-order chi connectivity index (χ1) is 9.25. The highest BCUT2D eigenvalue weighted by molar-refractivity contribution is 5.94. The molecule has 0 saturated heterocycles. The van der Waals surface area contributed by atoms with Crippen LogP contribution in [0.5, 0.6) is 0 Å². The van der Waals surface area contributed by atoms with Gasteiger partial charge in [0.25, 0.3) is 0 Å². The smallest absolute Gasteiger partial charge is 0.156 e. The van der Waals surface area contributed by atoms with E-state index in [0.29, 0.717) is 6.42 Å². The summed E-state index contributed by atoms with van der Waals surface area (Å²) in [4.78, 5) is 11.9. The van der Waals surface area contributed by atoms with Crippen LogP contribution in [0.25, 0.3) is 6.08 Å². The summed E-state index contributed by atoms with van der Waals surface area (Å²) in [5.41, 5.74) is 2.27. The van der Waals surface area contributed by atoms with E-state index in [1.807, 2.05) is 54.6 Å². The summed E-state index contributed by atoms with van der Waals surface area (Å²) < 4.78 is 0. The number of hydrogen-bond acceptors (Lipinski definition) is 1. The Kier molecular flexibility index (Phi) is 4.68. The van der Waals surface area contributed by atoms with Crippen molar-refractivity contribution < 1.29 is 4.79 Å². The van der Waals surface area contributed by atoms with Crippen molar-refractivity contribution in [1.29, 1.82) is 0 Å². The minimum absolute atomic E-state index is 0.167. The summed E-state index contributed by atoms with van der Waals surface area (Å²) in [6, 6.07) is 20.0. The number of rotatable bonds is 5. The van der Waals surface area contributed by atoms with E-state index in [1.54, 1.807) is 6.08 Å². The van der Waals surface area contributed by atoms with Gasteiger partial charge in [-0.15, -0.1) is 0 Å². The van der Waals surface area contributed by atoms with Crippen LogP contribution in [0, 0.1) is 0 Å². The van der Waals surface area contributed by atoms with Crippen LogP contribution in [0.2, 0.25) is 0 Å². The zero-order valence-electron chi connectivity index (χ0n) is 11.1. The van der Waals surface area contributed by atoms with Crippen molar-refractivity contribution >= 4 is 11.9 Å². The monoisotopic (exact) mass is 250 g/mol. The van der Waals surface area contributed by atoms with E-state index in [1.165, 1.54) is 5.56 Å². The Bertz CT molecular complexity index is 540. The lowest BCUT2D eigenvalue weighted by molar-refractivity contribution is -0.114. The molecule has 0 bridgehead atoms. The van der Waals surface area contributed by atoms with E-state index in [0.717, 1.165) is 5.56 Å². The highest BCUT2D eigenvalue weighted by Gasteiger charge is 2.08.